The molecule has 2 aromatic rings. The van der Waals surface area contributed by atoms with Crippen LogP contribution in [0.1, 0.15) is 46.5 Å². The van der Waals surface area contributed by atoms with Crippen molar-refractivity contribution in [3.05, 3.63) is 30.5 Å². The van der Waals surface area contributed by atoms with Gasteiger partial charge in [0.05, 0.1) is 11.9 Å². The van der Waals surface area contributed by atoms with Crippen LogP contribution in [-0.4, -0.2) is 39.4 Å². The Labute approximate surface area is 188 Å². The molecule has 1 aliphatic carbocycles. The molecule has 0 spiro atoms. The summed E-state index contributed by atoms with van der Waals surface area (Å²) in [5, 5.41) is 13.5. The number of carbonyl (C=O) groups is 2. The number of hydrogen-bond donors (Lipinski definition) is 1. The minimum atomic E-state index is -4.87. The van der Waals surface area contributed by atoms with Gasteiger partial charge in [0.15, 0.2) is 5.75 Å². The summed E-state index contributed by atoms with van der Waals surface area (Å²) in [6.45, 7) is 5.67. The predicted molar refractivity (Wildman–Crippen MR) is 113 cm³/mol. The summed E-state index contributed by atoms with van der Waals surface area (Å²) in [5.41, 5.74) is 0.167. The highest BCUT2D eigenvalue weighted by atomic mass is 19.4. The van der Waals surface area contributed by atoms with E-state index in [2.05, 4.69) is 16.8 Å². The lowest BCUT2D eigenvalue weighted by atomic mass is 9.82. The third-order valence-corrected chi connectivity index (χ3v) is 5.52. The number of carbonyl (C=O) groups excluding carboxylic acids is 1. The molecular weight excluding hydrogens is 443 g/mol. The van der Waals surface area contributed by atoms with E-state index in [0.29, 0.717) is 5.92 Å². The summed E-state index contributed by atoms with van der Waals surface area (Å²) in [5.74, 6) is -0.556. The Morgan fingerprint density at radius 1 is 1.21 bits per heavy atom. The van der Waals surface area contributed by atoms with Crippen LogP contribution in [-0.2, 0) is 4.79 Å². The number of halogens is 3. The first-order chi connectivity index (χ1) is 15.4. The van der Waals surface area contributed by atoms with Gasteiger partial charge in [-0.2, -0.15) is 0 Å². The highest BCUT2D eigenvalue weighted by molar-refractivity contribution is 5.96. The normalized spacial score (nSPS) is 18.8. The molecule has 1 N–H and O–H groups in total. The molecule has 0 bridgehead atoms. The van der Waals surface area contributed by atoms with Gasteiger partial charge in [-0.3, -0.25) is 9.69 Å². The number of alkyl halides is 3. The molecule has 0 unspecified atom stereocenters. The lowest BCUT2D eigenvalue weighted by molar-refractivity contribution is -0.274. The second kappa shape index (κ2) is 9.72. The molecule has 0 aliphatic heterocycles. The topological polar surface area (TPSA) is 93.9 Å². The summed E-state index contributed by atoms with van der Waals surface area (Å²) in [4.78, 5) is 26.0. The number of aromatic nitrogens is 2. The van der Waals surface area contributed by atoms with Crippen LogP contribution in [0.15, 0.2) is 30.5 Å². The van der Waals surface area contributed by atoms with Gasteiger partial charge in [-0.15, -0.1) is 18.3 Å². The monoisotopic (exact) mass is 469 g/mol. The molecule has 1 aromatic carbocycles. The number of anilines is 1. The zero-order valence-corrected chi connectivity index (χ0v) is 18.5. The molecule has 1 amide bonds. The van der Waals surface area contributed by atoms with Crippen molar-refractivity contribution in [3.63, 3.8) is 0 Å². The molecular formula is C22H26F3N3O5. The van der Waals surface area contributed by atoms with Gasteiger partial charge >= 0.3 is 12.5 Å². The fourth-order valence-electron chi connectivity index (χ4n) is 3.94. The standard InChI is InChI=1S/C22H26F3N3O5/c1-13(2)28(20(29)15-9-7-14(3)8-10-15)19-18(32-21(30)31)12-27(26-19)16-5-4-6-17(11-16)33-22(23,24)25/h4-6,11-15H,7-10H2,1-3H3,(H,30,31). The van der Waals surface area contributed by atoms with Crippen LogP contribution >= 0.6 is 0 Å². The average Bonchev–Trinajstić information content (AvgIpc) is 3.10. The first-order valence-corrected chi connectivity index (χ1v) is 10.6. The average molecular weight is 469 g/mol. The summed E-state index contributed by atoms with van der Waals surface area (Å²) in [7, 11) is 0. The first-order valence-electron chi connectivity index (χ1n) is 10.6. The number of nitrogens with zero attached hydrogens (tertiary/aromatic N) is 3. The van der Waals surface area contributed by atoms with Gasteiger partial charge in [-0.25, -0.2) is 9.48 Å². The summed E-state index contributed by atoms with van der Waals surface area (Å²) in [6.07, 6.45) is -1.99. The van der Waals surface area contributed by atoms with Gasteiger partial charge in [0.2, 0.25) is 11.7 Å². The Hall–Kier alpha value is -3.24. The number of hydrogen-bond acceptors (Lipinski definition) is 5. The maximum atomic E-state index is 13.4. The SMILES string of the molecule is CC1CCC(C(=O)N(c2nn(-c3cccc(OC(F)(F)F)c3)cc2OC(=O)O)C(C)C)CC1. The highest BCUT2D eigenvalue weighted by Gasteiger charge is 2.34. The zero-order valence-electron chi connectivity index (χ0n) is 18.5. The van der Waals surface area contributed by atoms with Crippen LogP contribution in [0.3, 0.4) is 0 Å². The molecule has 33 heavy (non-hydrogen) atoms. The van der Waals surface area contributed by atoms with Gasteiger partial charge in [0.25, 0.3) is 0 Å². The van der Waals surface area contributed by atoms with E-state index in [4.69, 9.17) is 4.74 Å². The minimum absolute atomic E-state index is 0.0156. The second-order valence-corrected chi connectivity index (χ2v) is 8.43. The van der Waals surface area contributed by atoms with Gasteiger partial charge in [-0.1, -0.05) is 13.0 Å². The van der Waals surface area contributed by atoms with E-state index < -0.39 is 18.3 Å². The van der Waals surface area contributed by atoms with Crippen molar-refractivity contribution in [3.8, 4) is 17.2 Å². The first kappa shape index (κ1) is 24.4. The molecule has 0 atom stereocenters. The molecule has 8 nitrogen and oxygen atoms in total. The smallest absolute Gasteiger partial charge is 0.449 e. The van der Waals surface area contributed by atoms with Crippen molar-refractivity contribution in [2.24, 2.45) is 11.8 Å². The van der Waals surface area contributed by atoms with E-state index in [1.165, 1.54) is 23.2 Å². The van der Waals surface area contributed by atoms with Crippen molar-refractivity contribution >= 4 is 17.9 Å². The highest BCUT2D eigenvalue weighted by Crippen LogP contribution is 2.35. The third kappa shape index (κ3) is 6.17. The Kier molecular flexibility index (Phi) is 7.19. The lowest BCUT2D eigenvalue weighted by Crippen LogP contribution is -2.42. The lowest BCUT2D eigenvalue weighted by Gasteiger charge is -2.32. The Morgan fingerprint density at radius 2 is 1.88 bits per heavy atom. The fraction of sp³-hybridized carbons (Fsp3) is 0.500. The number of benzene rings is 1. The van der Waals surface area contributed by atoms with Crippen molar-refractivity contribution in [2.45, 2.75) is 58.9 Å². The largest absolute Gasteiger partial charge is 0.573 e. The van der Waals surface area contributed by atoms with E-state index in [0.717, 1.165) is 42.5 Å². The zero-order chi connectivity index (χ0) is 24.3. The predicted octanol–water partition coefficient (Wildman–Crippen LogP) is 5.40. The molecule has 1 aliphatic rings. The van der Waals surface area contributed by atoms with Crippen molar-refractivity contribution < 1.29 is 37.3 Å². The number of amides is 1. The van der Waals surface area contributed by atoms with E-state index in [1.54, 1.807) is 13.8 Å². The molecule has 180 valence electrons. The maximum Gasteiger partial charge on any atom is 0.573 e. The molecule has 1 heterocycles. The molecule has 1 saturated carbocycles. The summed E-state index contributed by atoms with van der Waals surface area (Å²) >= 11 is 0. The molecule has 0 saturated heterocycles. The van der Waals surface area contributed by atoms with Crippen LogP contribution in [0.5, 0.6) is 11.5 Å². The summed E-state index contributed by atoms with van der Waals surface area (Å²) < 4.78 is 47.8. The van der Waals surface area contributed by atoms with Crippen LogP contribution in [0.2, 0.25) is 0 Å². The van der Waals surface area contributed by atoms with Crippen LogP contribution < -0.4 is 14.4 Å². The van der Waals surface area contributed by atoms with Crippen LogP contribution in [0, 0.1) is 11.8 Å². The van der Waals surface area contributed by atoms with Crippen molar-refractivity contribution in [1.82, 2.24) is 9.78 Å². The Balaban J connectivity index is 1.99. The van der Waals surface area contributed by atoms with Gasteiger partial charge in [0, 0.05) is 18.0 Å². The Morgan fingerprint density at radius 3 is 2.45 bits per heavy atom. The third-order valence-electron chi connectivity index (χ3n) is 5.52. The number of carboxylic acid groups (broad SMARTS) is 1. The molecule has 3 rings (SSSR count). The van der Waals surface area contributed by atoms with Gasteiger partial charge < -0.3 is 14.6 Å². The van der Waals surface area contributed by atoms with Crippen molar-refractivity contribution in [1.29, 1.82) is 0 Å². The number of ether oxygens (including phenoxy) is 2. The van der Waals surface area contributed by atoms with Crippen LogP contribution in [0.4, 0.5) is 23.8 Å². The molecule has 1 aromatic heterocycles. The molecule has 1 fully saturated rings. The van der Waals surface area contributed by atoms with Gasteiger partial charge in [0.1, 0.15) is 5.75 Å². The number of rotatable bonds is 6. The second-order valence-electron chi connectivity index (χ2n) is 8.43. The van der Waals surface area contributed by atoms with E-state index >= 15 is 0 Å². The minimum Gasteiger partial charge on any atom is -0.449 e. The van der Waals surface area contributed by atoms with Crippen LogP contribution in [0.25, 0.3) is 5.69 Å². The summed E-state index contributed by atoms with van der Waals surface area (Å²) in [6, 6.07) is 4.66. The maximum absolute atomic E-state index is 13.4. The van der Waals surface area contributed by atoms with Crippen molar-refractivity contribution in [2.75, 3.05) is 4.90 Å². The quantitative estimate of drug-likeness (QED) is 0.570. The fourth-order valence-corrected chi connectivity index (χ4v) is 3.94. The van der Waals surface area contributed by atoms with E-state index in [1.807, 2.05) is 0 Å². The van der Waals surface area contributed by atoms with E-state index in [9.17, 15) is 27.9 Å². The molecule has 11 heteroatoms. The van der Waals surface area contributed by atoms with E-state index in [-0.39, 0.29) is 35.1 Å². The molecule has 0 radical (unpaired) electrons. The Bertz CT molecular complexity index is 997. The van der Waals surface area contributed by atoms with Gasteiger partial charge in [-0.05, 0) is 57.6 Å².